The Labute approximate surface area is 164 Å². The van der Waals surface area contributed by atoms with E-state index < -0.39 is 5.60 Å². The van der Waals surface area contributed by atoms with E-state index in [1.165, 1.54) is 5.56 Å². The maximum Gasteiger partial charge on any atom is 0.334 e. The lowest BCUT2D eigenvalue weighted by Crippen LogP contribution is -2.46. The second kappa shape index (κ2) is 6.32. The largest absolute Gasteiger partial charge is 0.443 e. The van der Waals surface area contributed by atoms with Gasteiger partial charge in [-0.3, -0.25) is 0 Å². The fraction of sp³-hybridized carbons (Fsp3) is 0.240. The first-order chi connectivity index (χ1) is 13.6. The Bertz CT molecular complexity index is 1100. The number of rotatable bonds is 3. The van der Waals surface area contributed by atoms with Gasteiger partial charge in [-0.05, 0) is 41.7 Å². The van der Waals surface area contributed by atoms with Crippen molar-refractivity contribution < 1.29 is 14.3 Å². The first-order valence-electron chi connectivity index (χ1n) is 9.75. The third kappa shape index (κ3) is 2.29. The molecule has 2 unspecified atom stereocenters. The Hall–Kier alpha value is -2.91. The van der Waals surface area contributed by atoms with Gasteiger partial charge in [0.1, 0.15) is 6.10 Å². The minimum Gasteiger partial charge on any atom is -0.443 e. The van der Waals surface area contributed by atoms with Crippen LogP contribution in [0, 0.1) is 0 Å². The topological polar surface area (TPSA) is 35.5 Å². The van der Waals surface area contributed by atoms with Crippen LogP contribution < -0.4 is 0 Å². The van der Waals surface area contributed by atoms with E-state index in [1.54, 1.807) is 6.92 Å². The van der Waals surface area contributed by atoms with E-state index in [9.17, 15) is 4.79 Å². The van der Waals surface area contributed by atoms with Gasteiger partial charge in [-0.25, -0.2) is 4.79 Å². The fourth-order valence-electron chi connectivity index (χ4n) is 4.72. The van der Waals surface area contributed by atoms with Crippen molar-refractivity contribution in [3.8, 4) is 11.1 Å². The third-order valence-electron chi connectivity index (χ3n) is 5.91. The van der Waals surface area contributed by atoms with E-state index in [-0.39, 0.29) is 12.1 Å². The molecule has 0 bridgehead atoms. The molecule has 2 aliphatic rings. The van der Waals surface area contributed by atoms with Crippen LogP contribution in [0.2, 0.25) is 0 Å². The second-order valence-corrected chi connectivity index (χ2v) is 7.66. The molecule has 1 saturated heterocycles. The predicted octanol–water partition coefficient (Wildman–Crippen LogP) is 5.36. The standard InChI is InChI=1S/C25H22O3/c1-16(2)24(26)28-25(22-14-7-15-27-22)20-12-4-3-10-18(20)19-11-5-8-17-9-6-13-21(25)23(17)19/h3-6,8-13,22H,1,7,14-15H2,2H3. The Balaban J connectivity index is 1.91. The molecule has 0 N–H and O–H groups in total. The monoisotopic (exact) mass is 370 g/mol. The molecule has 0 saturated carbocycles. The number of hydrogen-bond donors (Lipinski definition) is 0. The van der Waals surface area contributed by atoms with Crippen molar-refractivity contribution in [1.82, 2.24) is 0 Å². The van der Waals surface area contributed by atoms with Crippen LogP contribution in [-0.4, -0.2) is 18.7 Å². The van der Waals surface area contributed by atoms with Gasteiger partial charge >= 0.3 is 5.97 Å². The first-order valence-corrected chi connectivity index (χ1v) is 9.75. The van der Waals surface area contributed by atoms with Crippen molar-refractivity contribution in [2.24, 2.45) is 0 Å². The minimum atomic E-state index is -0.975. The van der Waals surface area contributed by atoms with Crippen molar-refractivity contribution in [3.05, 3.63) is 83.9 Å². The highest BCUT2D eigenvalue weighted by Crippen LogP contribution is 2.53. The van der Waals surface area contributed by atoms with E-state index >= 15 is 0 Å². The molecular formula is C25H22O3. The number of hydrogen-bond acceptors (Lipinski definition) is 3. The van der Waals surface area contributed by atoms with E-state index in [2.05, 4.69) is 49.0 Å². The molecule has 140 valence electrons. The highest BCUT2D eigenvalue weighted by Gasteiger charge is 2.52. The lowest BCUT2D eigenvalue weighted by atomic mass is 9.70. The molecule has 3 aromatic carbocycles. The summed E-state index contributed by atoms with van der Waals surface area (Å²) in [6.45, 7) is 6.18. The van der Waals surface area contributed by atoms with Crippen LogP contribution in [0.1, 0.15) is 30.9 Å². The van der Waals surface area contributed by atoms with Crippen molar-refractivity contribution >= 4 is 16.7 Å². The minimum absolute atomic E-state index is 0.226. The summed E-state index contributed by atoms with van der Waals surface area (Å²) in [7, 11) is 0. The van der Waals surface area contributed by atoms with Gasteiger partial charge in [-0.2, -0.15) is 0 Å². The molecule has 2 atom stereocenters. The summed E-state index contributed by atoms with van der Waals surface area (Å²) in [5.74, 6) is -0.387. The summed E-state index contributed by atoms with van der Waals surface area (Å²) in [6.07, 6.45) is 1.57. The van der Waals surface area contributed by atoms with E-state index in [0.29, 0.717) is 12.2 Å². The number of benzene rings is 3. The summed E-state index contributed by atoms with van der Waals surface area (Å²) in [5, 5.41) is 2.27. The normalized spacial score (nSPS) is 22.7. The average molecular weight is 370 g/mol. The van der Waals surface area contributed by atoms with Crippen LogP contribution >= 0.6 is 0 Å². The van der Waals surface area contributed by atoms with Crippen molar-refractivity contribution in [2.45, 2.75) is 31.5 Å². The lowest BCUT2D eigenvalue weighted by molar-refractivity contribution is -0.164. The van der Waals surface area contributed by atoms with Crippen LogP contribution in [0.25, 0.3) is 21.9 Å². The molecule has 3 aromatic rings. The van der Waals surface area contributed by atoms with Gasteiger partial charge in [0.05, 0.1) is 0 Å². The molecule has 1 fully saturated rings. The average Bonchev–Trinajstić information content (AvgIpc) is 3.26. The van der Waals surface area contributed by atoms with Gasteiger partial charge in [0.25, 0.3) is 0 Å². The lowest BCUT2D eigenvalue weighted by Gasteiger charge is -2.43. The number of esters is 1. The third-order valence-corrected chi connectivity index (χ3v) is 5.91. The molecule has 0 radical (unpaired) electrons. The Morgan fingerprint density at radius 2 is 1.75 bits per heavy atom. The fourth-order valence-corrected chi connectivity index (χ4v) is 4.72. The molecule has 0 aromatic heterocycles. The molecule has 0 spiro atoms. The molecule has 0 amide bonds. The van der Waals surface area contributed by atoms with Crippen molar-refractivity contribution in [2.75, 3.05) is 6.61 Å². The van der Waals surface area contributed by atoms with Crippen molar-refractivity contribution in [3.63, 3.8) is 0 Å². The molecule has 1 heterocycles. The maximum atomic E-state index is 12.8. The summed E-state index contributed by atoms with van der Waals surface area (Å²) in [6, 6.07) is 20.8. The zero-order valence-corrected chi connectivity index (χ0v) is 15.9. The molecule has 28 heavy (non-hydrogen) atoms. The maximum absolute atomic E-state index is 12.8. The molecule has 5 rings (SSSR count). The van der Waals surface area contributed by atoms with Crippen LogP contribution in [0.15, 0.2) is 72.8 Å². The summed E-state index contributed by atoms with van der Waals surface area (Å²) < 4.78 is 12.5. The summed E-state index contributed by atoms with van der Waals surface area (Å²) in [5.41, 5.74) is 3.67. The number of ether oxygens (including phenoxy) is 2. The first kappa shape index (κ1) is 17.2. The number of carbonyl (C=O) groups is 1. The van der Waals surface area contributed by atoms with Crippen LogP contribution in [0.3, 0.4) is 0 Å². The smallest absolute Gasteiger partial charge is 0.334 e. The van der Waals surface area contributed by atoms with Gasteiger partial charge in [0, 0.05) is 23.3 Å². The quantitative estimate of drug-likeness (QED) is 0.460. The summed E-state index contributed by atoms with van der Waals surface area (Å²) >= 11 is 0. The Kier molecular flexibility index (Phi) is 3.88. The molecule has 3 heteroatoms. The van der Waals surface area contributed by atoms with Gasteiger partial charge < -0.3 is 9.47 Å². The molecular weight excluding hydrogens is 348 g/mol. The molecule has 3 nitrogen and oxygen atoms in total. The van der Waals surface area contributed by atoms with Crippen molar-refractivity contribution in [1.29, 1.82) is 0 Å². The summed E-state index contributed by atoms with van der Waals surface area (Å²) in [4.78, 5) is 12.8. The van der Waals surface area contributed by atoms with Crippen LogP contribution in [0.4, 0.5) is 0 Å². The Morgan fingerprint density at radius 1 is 1.04 bits per heavy atom. The van der Waals surface area contributed by atoms with Gasteiger partial charge in [0.15, 0.2) is 5.60 Å². The van der Waals surface area contributed by atoms with E-state index in [4.69, 9.17) is 9.47 Å². The highest BCUT2D eigenvalue weighted by molar-refractivity contribution is 6.03. The van der Waals surface area contributed by atoms with E-state index in [1.807, 2.05) is 18.2 Å². The van der Waals surface area contributed by atoms with Crippen LogP contribution in [0.5, 0.6) is 0 Å². The highest BCUT2D eigenvalue weighted by atomic mass is 16.6. The van der Waals surface area contributed by atoms with E-state index in [0.717, 1.165) is 40.3 Å². The SMILES string of the molecule is C=C(C)C(=O)OC1(C2CCCO2)c2ccccc2-c2cccc3cccc1c23. The van der Waals surface area contributed by atoms with Gasteiger partial charge in [-0.15, -0.1) is 0 Å². The predicted molar refractivity (Wildman–Crippen MR) is 110 cm³/mol. The van der Waals surface area contributed by atoms with Gasteiger partial charge in [0.2, 0.25) is 0 Å². The Morgan fingerprint density at radius 3 is 2.50 bits per heavy atom. The number of carbonyl (C=O) groups excluding carboxylic acids is 1. The van der Waals surface area contributed by atoms with Gasteiger partial charge in [-0.1, -0.05) is 67.2 Å². The zero-order chi connectivity index (χ0) is 19.3. The van der Waals surface area contributed by atoms with Crippen LogP contribution in [-0.2, 0) is 19.9 Å². The molecule has 1 aliphatic heterocycles. The number of fused-ring (bicyclic) bond motifs is 2. The zero-order valence-electron chi connectivity index (χ0n) is 15.9. The second-order valence-electron chi connectivity index (χ2n) is 7.66. The molecule has 1 aliphatic carbocycles.